The van der Waals surface area contributed by atoms with Gasteiger partial charge < -0.3 is 14.7 Å². The summed E-state index contributed by atoms with van der Waals surface area (Å²) in [4.78, 5) is 28.2. The molecule has 2 aliphatic rings. The molecule has 178 valence electrons. The zero-order valence-electron chi connectivity index (χ0n) is 18.3. The highest BCUT2D eigenvalue weighted by atomic mass is 19.4. The molecule has 0 spiro atoms. The Morgan fingerprint density at radius 3 is 2.39 bits per heavy atom. The Bertz CT molecular complexity index is 948. The van der Waals surface area contributed by atoms with Gasteiger partial charge in [-0.3, -0.25) is 9.78 Å². The van der Waals surface area contributed by atoms with Crippen LogP contribution in [-0.4, -0.2) is 58.3 Å². The number of ether oxygens (including phenoxy) is 1. The van der Waals surface area contributed by atoms with Gasteiger partial charge in [-0.2, -0.15) is 13.2 Å². The van der Waals surface area contributed by atoms with Gasteiger partial charge in [0.2, 0.25) is 0 Å². The molecule has 1 aliphatic heterocycles. The van der Waals surface area contributed by atoms with Crippen LogP contribution in [0.15, 0.2) is 48.8 Å². The van der Waals surface area contributed by atoms with Crippen molar-refractivity contribution in [2.75, 3.05) is 13.2 Å². The van der Waals surface area contributed by atoms with Gasteiger partial charge in [0.1, 0.15) is 0 Å². The number of nitrogens with zero attached hydrogens (tertiary/aromatic N) is 2. The van der Waals surface area contributed by atoms with Crippen LogP contribution in [0.1, 0.15) is 40.7 Å². The van der Waals surface area contributed by atoms with Crippen LogP contribution in [0.4, 0.5) is 13.2 Å². The maximum atomic E-state index is 13.1. The quantitative estimate of drug-likeness (QED) is 0.691. The predicted octanol–water partition coefficient (Wildman–Crippen LogP) is 4.28. The smallest absolute Gasteiger partial charge is 0.475 e. The number of aromatic nitrogens is 1. The number of hydrogen-bond donors (Lipinski definition) is 1. The first-order valence-corrected chi connectivity index (χ1v) is 10.8. The van der Waals surface area contributed by atoms with E-state index in [4.69, 9.17) is 14.6 Å². The van der Waals surface area contributed by atoms with E-state index >= 15 is 0 Å². The second-order valence-electron chi connectivity index (χ2n) is 8.41. The molecular formula is C24H27F3N2O4. The van der Waals surface area contributed by atoms with Gasteiger partial charge in [0.05, 0.1) is 17.7 Å². The minimum Gasteiger partial charge on any atom is -0.475 e. The second kappa shape index (κ2) is 10.8. The zero-order valence-corrected chi connectivity index (χ0v) is 18.3. The van der Waals surface area contributed by atoms with Gasteiger partial charge in [0, 0.05) is 25.5 Å². The van der Waals surface area contributed by atoms with Gasteiger partial charge in [-0.05, 0) is 55.7 Å². The van der Waals surface area contributed by atoms with E-state index in [9.17, 15) is 18.0 Å². The molecule has 2 fully saturated rings. The number of carboxylic acid groups (broad SMARTS) is 1. The number of carboxylic acids is 1. The van der Waals surface area contributed by atoms with Crippen LogP contribution >= 0.6 is 0 Å². The number of hydrogen-bond acceptors (Lipinski definition) is 4. The van der Waals surface area contributed by atoms with Crippen LogP contribution in [0.3, 0.4) is 0 Å². The van der Waals surface area contributed by atoms with Gasteiger partial charge in [-0.15, -0.1) is 0 Å². The third-order valence-corrected chi connectivity index (χ3v) is 5.64. The Morgan fingerprint density at radius 2 is 1.82 bits per heavy atom. The fraction of sp³-hybridized carbons (Fsp3) is 0.458. The van der Waals surface area contributed by atoms with Crippen LogP contribution in [-0.2, 0) is 16.0 Å². The summed E-state index contributed by atoms with van der Waals surface area (Å²) in [5.74, 6) is -1.95. The molecule has 6 nitrogen and oxygen atoms in total. The van der Waals surface area contributed by atoms with Crippen LogP contribution in [0.2, 0.25) is 0 Å². The first-order chi connectivity index (χ1) is 15.6. The Morgan fingerprint density at radius 1 is 1.15 bits per heavy atom. The van der Waals surface area contributed by atoms with E-state index in [-0.39, 0.29) is 18.1 Å². The lowest BCUT2D eigenvalue weighted by Crippen LogP contribution is -2.42. The molecule has 0 radical (unpaired) electrons. The van der Waals surface area contributed by atoms with Gasteiger partial charge in [-0.1, -0.05) is 30.3 Å². The van der Waals surface area contributed by atoms with E-state index in [2.05, 4.69) is 29.2 Å². The minimum atomic E-state index is -5.08. The Hall–Kier alpha value is -2.94. The first kappa shape index (κ1) is 24.7. The lowest BCUT2D eigenvalue weighted by Gasteiger charge is -2.28. The van der Waals surface area contributed by atoms with E-state index in [0.717, 1.165) is 37.5 Å². The predicted molar refractivity (Wildman–Crippen MR) is 115 cm³/mol. The zero-order chi connectivity index (χ0) is 24.0. The third kappa shape index (κ3) is 7.28. The molecule has 2 heterocycles. The normalized spacial score (nSPS) is 20.2. The summed E-state index contributed by atoms with van der Waals surface area (Å²) >= 11 is 0. The van der Waals surface area contributed by atoms with Crippen molar-refractivity contribution in [3.8, 4) is 0 Å². The number of benzene rings is 1. The molecule has 1 amide bonds. The van der Waals surface area contributed by atoms with E-state index in [1.807, 2.05) is 24.0 Å². The summed E-state index contributed by atoms with van der Waals surface area (Å²) in [6.45, 7) is 3.56. The summed E-state index contributed by atoms with van der Waals surface area (Å²) in [5, 5.41) is 7.12. The number of pyridine rings is 1. The molecule has 4 rings (SSSR count). The lowest BCUT2D eigenvalue weighted by atomic mass is 10.0. The summed E-state index contributed by atoms with van der Waals surface area (Å²) < 4.78 is 38.0. The average molecular weight is 464 g/mol. The standard InChI is InChI=1S/C22H26N2O2.C2HF3O2/c1-16-11-19(14-23-13-16)22(25)24-10-9-21(26-15-18-7-8-18)20(24)12-17-5-3-2-4-6-17;3-2(4,5)1(6)7/h2-6,11,13-14,18,20-21H,7-10,12,15H2,1H3;(H,6,7)/t20-,21+;/m0./s1. The molecule has 1 N–H and O–H groups in total. The molecule has 9 heteroatoms. The fourth-order valence-electron chi connectivity index (χ4n) is 3.75. The van der Waals surface area contributed by atoms with Crippen molar-refractivity contribution in [1.82, 2.24) is 9.88 Å². The highest BCUT2D eigenvalue weighted by molar-refractivity contribution is 5.94. The molecule has 1 aromatic heterocycles. The molecule has 1 aliphatic carbocycles. The molecule has 33 heavy (non-hydrogen) atoms. The molecule has 1 saturated heterocycles. The van der Waals surface area contributed by atoms with Crippen LogP contribution in [0, 0.1) is 12.8 Å². The minimum absolute atomic E-state index is 0.0691. The van der Waals surface area contributed by atoms with Gasteiger partial charge in [-0.25, -0.2) is 4.79 Å². The highest BCUT2D eigenvalue weighted by Gasteiger charge is 2.39. The number of halogens is 3. The summed E-state index contributed by atoms with van der Waals surface area (Å²) in [5.41, 5.74) is 2.93. The van der Waals surface area contributed by atoms with Crippen LogP contribution < -0.4 is 0 Å². The molecule has 0 bridgehead atoms. The van der Waals surface area contributed by atoms with Crippen LogP contribution in [0.5, 0.6) is 0 Å². The molecule has 2 atom stereocenters. The summed E-state index contributed by atoms with van der Waals surface area (Å²) in [7, 11) is 0. The van der Waals surface area contributed by atoms with Gasteiger partial charge in [0.15, 0.2) is 0 Å². The highest BCUT2D eigenvalue weighted by Crippen LogP contribution is 2.32. The average Bonchev–Trinajstić information content (AvgIpc) is 3.52. The Labute approximate surface area is 190 Å². The maximum Gasteiger partial charge on any atom is 0.490 e. The topological polar surface area (TPSA) is 79.7 Å². The molecule has 1 saturated carbocycles. The van der Waals surface area contributed by atoms with Gasteiger partial charge in [0.25, 0.3) is 5.91 Å². The number of carbonyl (C=O) groups excluding carboxylic acids is 1. The van der Waals surface area contributed by atoms with Crippen molar-refractivity contribution in [3.63, 3.8) is 0 Å². The molecule has 1 aromatic carbocycles. The van der Waals surface area contributed by atoms with Crippen molar-refractivity contribution in [2.45, 2.75) is 50.9 Å². The Kier molecular flexibility index (Phi) is 8.07. The Balaban J connectivity index is 0.000000383. The van der Waals surface area contributed by atoms with E-state index < -0.39 is 12.1 Å². The maximum absolute atomic E-state index is 13.1. The van der Waals surface area contributed by atoms with Crippen molar-refractivity contribution >= 4 is 11.9 Å². The van der Waals surface area contributed by atoms with E-state index in [0.29, 0.717) is 5.56 Å². The van der Waals surface area contributed by atoms with Gasteiger partial charge >= 0.3 is 12.1 Å². The molecule has 0 unspecified atom stereocenters. The van der Waals surface area contributed by atoms with Crippen molar-refractivity contribution in [2.24, 2.45) is 5.92 Å². The first-order valence-electron chi connectivity index (χ1n) is 10.8. The number of aliphatic carboxylic acids is 1. The second-order valence-corrected chi connectivity index (χ2v) is 8.41. The molecule has 2 aromatic rings. The van der Waals surface area contributed by atoms with Crippen molar-refractivity contribution in [3.05, 3.63) is 65.5 Å². The number of likely N-dealkylation sites (tertiary alicyclic amines) is 1. The largest absolute Gasteiger partial charge is 0.490 e. The monoisotopic (exact) mass is 464 g/mol. The number of alkyl halides is 3. The van der Waals surface area contributed by atoms with E-state index in [1.165, 1.54) is 18.4 Å². The number of rotatable bonds is 6. The van der Waals surface area contributed by atoms with Crippen LogP contribution in [0.25, 0.3) is 0 Å². The van der Waals surface area contributed by atoms with Crippen molar-refractivity contribution in [1.29, 1.82) is 0 Å². The molecular weight excluding hydrogens is 437 g/mol. The lowest BCUT2D eigenvalue weighted by molar-refractivity contribution is -0.192. The SMILES string of the molecule is Cc1cncc(C(=O)N2CC[C@@H](OCC3CC3)[C@@H]2Cc2ccccc2)c1.O=C(O)C(F)(F)F. The number of aryl methyl sites for hydroxylation is 1. The fourth-order valence-corrected chi connectivity index (χ4v) is 3.75. The number of amides is 1. The van der Waals surface area contributed by atoms with E-state index in [1.54, 1.807) is 12.4 Å². The number of carbonyl (C=O) groups is 2. The summed E-state index contributed by atoms with van der Waals surface area (Å²) in [6.07, 6.45) is 2.81. The third-order valence-electron chi connectivity index (χ3n) is 5.64. The van der Waals surface area contributed by atoms with Crippen molar-refractivity contribution < 1.29 is 32.6 Å². The summed E-state index contributed by atoms with van der Waals surface area (Å²) in [6, 6.07) is 12.4.